The van der Waals surface area contributed by atoms with Crippen LogP contribution in [-0.4, -0.2) is 24.1 Å². The van der Waals surface area contributed by atoms with E-state index in [0.717, 1.165) is 46.4 Å². The molecule has 2 heterocycles. The summed E-state index contributed by atoms with van der Waals surface area (Å²) in [6.45, 7) is 7.91. The zero-order valence-corrected chi connectivity index (χ0v) is 16.5. The van der Waals surface area contributed by atoms with E-state index in [9.17, 15) is 9.59 Å². The van der Waals surface area contributed by atoms with Crippen LogP contribution >= 0.6 is 11.8 Å². The van der Waals surface area contributed by atoms with E-state index in [0.29, 0.717) is 24.2 Å². The third-order valence-corrected chi connectivity index (χ3v) is 5.58. The van der Waals surface area contributed by atoms with Gasteiger partial charge < -0.3 is 14.5 Å². The van der Waals surface area contributed by atoms with Gasteiger partial charge in [0.1, 0.15) is 5.76 Å². The molecule has 0 fully saturated rings. The normalized spacial score (nSPS) is 20.2. The number of carbonyl (C=O) groups is 2. The van der Waals surface area contributed by atoms with E-state index in [1.54, 1.807) is 18.7 Å². The average Bonchev–Trinajstić information content (AvgIpc) is 2.94. The molecule has 1 aromatic heterocycles. The van der Waals surface area contributed by atoms with Gasteiger partial charge in [-0.25, -0.2) is 4.79 Å². The van der Waals surface area contributed by atoms with E-state index < -0.39 is 5.92 Å². The van der Waals surface area contributed by atoms with Gasteiger partial charge >= 0.3 is 5.97 Å². The lowest BCUT2D eigenvalue weighted by molar-refractivity contribution is -0.138. The number of carbonyl (C=O) groups excluding carboxylic acids is 2. The Morgan fingerprint density at radius 1 is 1.35 bits per heavy atom. The zero-order valence-electron chi connectivity index (χ0n) is 15.7. The van der Waals surface area contributed by atoms with E-state index in [4.69, 9.17) is 9.15 Å². The molecular weight excluding hydrogens is 350 g/mol. The number of hydrogen-bond acceptors (Lipinski definition) is 6. The van der Waals surface area contributed by atoms with Gasteiger partial charge in [0.05, 0.1) is 18.1 Å². The summed E-state index contributed by atoms with van der Waals surface area (Å²) in [5.74, 6) is 0.937. The number of furan rings is 1. The largest absolute Gasteiger partial charge is 0.463 e. The lowest BCUT2D eigenvalue weighted by Crippen LogP contribution is -2.34. The molecule has 140 valence electrons. The summed E-state index contributed by atoms with van der Waals surface area (Å²) in [5, 5.41) is 4.10. The monoisotopic (exact) mass is 375 g/mol. The Hall–Kier alpha value is -1.95. The molecule has 2 aliphatic rings. The molecule has 0 spiro atoms. The molecule has 1 N–H and O–H groups in total. The fourth-order valence-electron chi connectivity index (χ4n) is 3.74. The van der Waals surface area contributed by atoms with Gasteiger partial charge in [0.2, 0.25) is 0 Å². The maximum atomic E-state index is 12.8. The highest BCUT2D eigenvalue weighted by molar-refractivity contribution is 7.99. The third-order valence-electron chi connectivity index (χ3n) is 4.80. The summed E-state index contributed by atoms with van der Waals surface area (Å²) in [4.78, 5) is 25.5. The van der Waals surface area contributed by atoms with Crippen molar-refractivity contribution in [3.8, 4) is 0 Å². The number of thioether (sulfide) groups is 1. The topological polar surface area (TPSA) is 68.5 Å². The molecule has 0 amide bonds. The average molecular weight is 375 g/mol. The van der Waals surface area contributed by atoms with Crippen molar-refractivity contribution in [2.45, 2.75) is 58.0 Å². The number of nitrogens with one attached hydrogen (secondary N) is 1. The van der Waals surface area contributed by atoms with Crippen LogP contribution in [0.25, 0.3) is 0 Å². The lowest BCUT2D eigenvalue weighted by atomic mass is 9.75. The molecule has 5 nitrogen and oxygen atoms in total. The quantitative estimate of drug-likeness (QED) is 0.613. The van der Waals surface area contributed by atoms with E-state index >= 15 is 0 Å². The molecule has 0 unspecified atom stereocenters. The van der Waals surface area contributed by atoms with Gasteiger partial charge in [0.25, 0.3) is 0 Å². The molecule has 6 heteroatoms. The Morgan fingerprint density at radius 3 is 2.81 bits per heavy atom. The number of aryl methyl sites for hydroxylation is 1. The molecule has 0 saturated heterocycles. The SMILES string of the molecule is CCOC(=O)C1=C(C)NC2=C(C(=O)CCC2)[C@H]1c1cc(SCC)oc1C. The predicted molar refractivity (Wildman–Crippen MR) is 101 cm³/mol. The minimum absolute atomic E-state index is 0.100. The number of hydrogen-bond donors (Lipinski definition) is 1. The van der Waals surface area contributed by atoms with Crippen LogP contribution in [0.2, 0.25) is 0 Å². The van der Waals surface area contributed by atoms with E-state index in [1.165, 1.54) is 0 Å². The van der Waals surface area contributed by atoms with Crippen molar-refractivity contribution >= 4 is 23.5 Å². The Balaban J connectivity index is 2.15. The third kappa shape index (κ3) is 3.34. The molecule has 0 saturated carbocycles. The first-order valence-corrected chi connectivity index (χ1v) is 10.1. The highest BCUT2D eigenvalue weighted by atomic mass is 32.2. The number of Topliss-reactive ketones (excluding diaryl/α,β-unsaturated/α-hetero) is 1. The first-order chi connectivity index (χ1) is 12.5. The van der Waals surface area contributed by atoms with Crippen molar-refractivity contribution in [2.24, 2.45) is 0 Å². The molecule has 26 heavy (non-hydrogen) atoms. The number of dihydropyridines is 1. The lowest BCUT2D eigenvalue weighted by Gasteiger charge is -2.33. The van der Waals surface area contributed by atoms with Crippen molar-refractivity contribution in [2.75, 3.05) is 12.4 Å². The van der Waals surface area contributed by atoms with Gasteiger partial charge in [-0.2, -0.15) is 0 Å². The Kier molecular flexibility index (Phi) is 5.61. The Bertz CT molecular complexity index is 803. The number of ether oxygens (including phenoxy) is 1. The molecule has 1 aliphatic carbocycles. The molecule has 3 rings (SSSR count). The summed E-state index contributed by atoms with van der Waals surface area (Å²) in [5.41, 5.74) is 3.78. The predicted octanol–water partition coefficient (Wildman–Crippen LogP) is 4.23. The van der Waals surface area contributed by atoms with E-state index in [-0.39, 0.29) is 11.8 Å². The van der Waals surface area contributed by atoms with E-state index in [1.807, 2.05) is 19.9 Å². The van der Waals surface area contributed by atoms with Crippen molar-refractivity contribution in [3.05, 3.63) is 39.9 Å². The first-order valence-electron chi connectivity index (χ1n) is 9.12. The van der Waals surface area contributed by atoms with Crippen LogP contribution in [0.5, 0.6) is 0 Å². The maximum Gasteiger partial charge on any atom is 0.336 e. The minimum atomic E-state index is -0.423. The Labute approximate surface area is 158 Å². The standard InChI is InChI=1S/C20H25NO4S/c1-5-24-20(23)17-11(3)21-14-8-7-9-15(22)19(14)18(17)13-10-16(26-6-2)25-12(13)4/h10,18,21H,5-9H2,1-4H3/t18-/m0/s1. The van der Waals surface area contributed by atoms with Gasteiger partial charge in [-0.05, 0) is 45.4 Å². The summed E-state index contributed by atoms with van der Waals surface area (Å²) in [6.07, 6.45) is 2.17. The molecule has 1 atom stereocenters. The van der Waals surface area contributed by atoms with Crippen molar-refractivity contribution < 1.29 is 18.7 Å². The first kappa shape index (κ1) is 18.8. The second kappa shape index (κ2) is 7.74. The van der Waals surface area contributed by atoms with Crippen molar-refractivity contribution in [3.63, 3.8) is 0 Å². The fourth-order valence-corrected chi connectivity index (χ4v) is 4.42. The van der Waals surface area contributed by atoms with Crippen LogP contribution in [0, 0.1) is 6.92 Å². The maximum absolute atomic E-state index is 12.8. The molecule has 1 aliphatic heterocycles. The van der Waals surface area contributed by atoms with Crippen LogP contribution in [0.1, 0.15) is 57.3 Å². The number of rotatable bonds is 5. The van der Waals surface area contributed by atoms with Gasteiger partial charge in [-0.1, -0.05) is 18.7 Å². The second-order valence-electron chi connectivity index (χ2n) is 6.50. The minimum Gasteiger partial charge on any atom is -0.463 e. The fraction of sp³-hybridized carbons (Fsp3) is 0.500. The molecular formula is C20H25NO4S. The summed E-state index contributed by atoms with van der Waals surface area (Å²) >= 11 is 1.61. The van der Waals surface area contributed by atoms with Crippen LogP contribution in [0.4, 0.5) is 0 Å². The Morgan fingerprint density at radius 2 is 2.12 bits per heavy atom. The molecule has 0 aromatic carbocycles. The van der Waals surface area contributed by atoms with E-state index in [2.05, 4.69) is 12.2 Å². The van der Waals surface area contributed by atoms with Crippen LogP contribution < -0.4 is 5.32 Å². The van der Waals surface area contributed by atoms with Gasteiger partial charge in [-0.15, -0.1) is 0 Å². The van der Waals surface area contributed by atoms with Crippen LogP contribution in [-0.2, 0) is 14.3 Å². The number of allylic oxidation sites excluding steroid dienone is 3. The van der Waals surface area contributed by atoms with Crippen LogP contribution in [0.15, 0.2) is 38.1 Å². The number of ketones is 1. The molecule has 0 bridgehead atoms. The van der Waals surface area contributed by atoms with Gasteiger partial charge in [0.15, 0.2) is 10.9 Å². The highest BCUT2D eigenvalue weighted by Gasteiger charge is 2.40. The second-order valence-corrected chi connectivity index (χ2v) is 7.76. The highest BCUT2D eigenvalue weighted by Crippen LogP contribution is 2.45. The van der Waals surface area contributed by atoms with Crippen LogP contribution in [0.3, 0.4) is 0 Å². The smallest absolute Gasteiger partial charge is 0.336 e. The van der Waals surface area contributed by atoms with Gasteiger partial charge in [-0.3, -0.25) is 4.79 Å². The summed E-state index contributed by atoms with van der Waals surface area (Å²) in [7, 11) is 0. The molecule has 0 radical (unpaired) electrons. The molecule has 1 aromatic rings. The van der Waals surface area contributed by atoms with Crippen molar-refractivity contribution in [1.82, 2.24) is 5.32 Å². The van der Waals surface area contributed by atoms with Gasteiger partial charge in [0, 0.05) is 29.0 Å². The summed E-state index contributed by atoms with van der Waals surface area (Å²) < 4.78 is 11.2. The summed E-state index contributed by atoms with van der Waals surface area (Å²) in [6, 6.07) is 1.97. The van der Waals surface area contributed by atoms with Crippen molar-refractivity contribution in [1.29, 1.82) is 0 Å². The zero-order chi connectivity index (χ0) is 18.8. The number of esters is 1.